The minimum Gasteiger partial charge on any atom is -0.374 e. The number of fused-ring (bicyclic) bond motifs is 1. The summed E-state index contributed by atoms with van der Waals surface area (Å²) in [4.78, 5) is 11.0. The Bertz CT molecular complexity index is 351. The van der Waals surface area contributed by atoms with Crippen molar-refractivity contribution in [3.63, 3.8) is 0 Å². The third-order valence-electron chi connectivity index (χ3n) is 1.99. The molecule has 0 bridgehead atoms. The van der Waals surface area contributed by atoms with Crippen LogP contribution in [0.3, 0.4) is 0 Å². The van der Waals surface area contributed by atoms with Gasteiger partial charge in [0.1, 0.15) is 0 Å². The number of amides is 1. The maximum Gasteiger partial charge on any atom is 0.243 e. The van der Waals surface area contributed by atoms with Gasteiger partial charge in [0.2, 0.25) is 5.91 Å². The smallest absolute Gasteiger partial charge is 0.243 e. The number of hydrogen-bond donors (Lipinski definition) is 2. The Balaban J connectivity index is 2.45. The zero-order valence-electron chi connectivity index (χ0n) is 6.93. The van der Waals surface area contributed by atoms with Crippen molar-refractivity contribution < 1.29 is 4.79 Å². The lowest BCUT2D eigenvalue weighted by Crippen LogP contribution is -2.27. The number of halogens is 1. The summed E-state index contributed by atoms with van der Waals surface area (Å²) in [7, 11) is 0. The molecule has 0 radical (unpaired) electrons. The van der Waals surface area contributed by atoms with Crippen LogP contribution in [0.1, 0.15) is 5.56 Å². The van der Waals surface area contributed by atoms with E-state index < -0.39 is 0 Å². The number of nitrogens with one attached hydrogen (secondary N) is 2. The second kappa shape index (κ2) is 3.26. The molecule has 0 unspecified atom stereocenters. The standard InChI is InChI=1S/C9H9ClN2O/c10-4-6-2-1-3-7-9(6)11-5-8(13)12-7/h1-3,11H,4-5H2,(H,12,13). The number of alkyl halides is 1. The summed E-state index contributed by atoms with van der Waals surface area (Å²) >= 11 is 5.75. The van der Waals surface area contributed by atoms with E-state index in [2.05, 4.69) is 10.6 Å². The summed E-state index contributed by atoms with van der Waals surface area (Å²) in [5, 5.41) is 5.81. The zero-order valence-corrected chi connectivity index (χ0v) is 7.69. The molecule has 1 amide bonds. The van der Waals surface area contributed by atoms with E-state index in [1.165, 1.54) is 0 Å². The molecule has 13 heavy (non-hydrogen) atoms. The lowest BCUT2D eigenvalue weighted by Gasteiger charge is -2.20. The minimum atomic E-state index is -0.0146. The van der Waals surface area contributed by atoms with Gasteiger partial charge in [-0.05, 0) is 11.6 Å². The third kappa shape index (κ3) is 1.47. The van der Waals surface area contributed by atoms with Gasteiger partial charge in [-0.1, -0.05) is 12.1 Å². The Kier molecular flexibility index (Phi) is 2.10. The maximum absolute atomic E-state index is 11.0. The van der Waals surface area contributed by atoms with Crippen LogP contribution in [0.2, 0.25) is 0 Å². The highest BCUT2D eigenvalue weighted by molar-refractivity contribution is 6.17. The Morgan fingerprint density at radius 1 is 1.46 bits per heavy atom. The first-order valence-electron chi connectivity index (χ1n) is 4.03. The van der Waals surface area contributed by atoms with Crippen molar-refractivity contribution in [1.29, 1.82) is 0 Å². The van der Waals surface area contributed by atoms with Crippen molar-refractivity contribution in [3.8, 4) is 0 Å². The molecule has 0 spiro atoms. The molecule has 0 fully saturated rings. The highest BCUT2D eigenvalue weighted by Gasteiger charge is 2.15. The monoisotopic (exact) mass is 196 g/mol. The predicted molar refractivity (Wildman–Crippen MR) is 53.1 cm³/mol. The molecule has 0 aliphatic carbocycles. The summed E-state index contributed by atoms with van der Waals surface area (Å²) < 4.78 is 0. The highest BCUT2D eigenvalue weighted by atomic mass is 35.5. The van der Waals surface area contributed by atoms with Gasteiger partial charge in [0.15, 0.2) is 0 Å². The van der Waals surface area contributed by atoms with Crippen molar-refractivity contribution in [2.45, 2.75) is 5.88 Å². The highest BCUT2D eigenvalue weighted by Crippen LogP contribution is 2.29. The molecule has 0 saturated carbocycles. The molecular formula is C9H9ClN2O. The molecule has 1 aromatic rings. The fourth-order valence-corrected chi connectivity index (χ4v) is 1.61. The molecule has 2 N–H and O–H groups in total. The van der Waals surface area contributed by atoms with Crippen LogP contribution in [0.4, 0.5) is 11.4 Å². The van der Waals surface area contributed by atoms with Crippen LogP contribution >= 0.6 is 11.6 Å². The molecule has 3 nitrogen and oxygen atoms in total. The van der Waals surface area contributed by atoms with E-state index in [0.717, 1.165) is 16.9 Å². The van der Waals surface area contributed by atoms with Crippen molar-refractivity contribution in [3.05, 3.63) is 23.8 Å². The van der Waals surface area contributed by atoms with Crippen LogP contribution in [0, 0.1) is 0 Å². The fraction of sp³-hybridized carbons (Fsp3) is 0.222. The molecule has 0 aromatic heterocycles. The fourth-order valence-electron chi connectivity index (χ4n) is 1.39. The number of benzene rings is 1. The molecule has 4 heteroatoms. The van der Waals surface area contributed by atoms with Gasteiger partial charge in [-0.3, -0.25) is 4.79 Å². The van der Waals surface area contributed by atoms with Crippen LogP contribution in [-0.4, -0.2) is 12.5 Å². The normalized spacial score (nSPS) is 14.4. The molecule has 0 saturated heterocycles. The van der Waals surface area contributed by atoms with Gasteiger partial charge in [-0.15, -0.1) is 11.6 Å². The Hall–Kier alpha value is -1.22. The Morgan fingerprint density at radius 2 is 2.31 bits per heavy atom. The zero-order chi connectivity index (χ0) is 9.26. The van der Waals surface area contributed by atoms with Gasteiger partial charge in [-0.2, -0.15) is 0 Å². The number of anilines is 2. The molecule has 1 heterocycles. The molecular weight excluding hydrogens is 188 g/mol. The molecule has 2 rings (SSSR count). The van der Waals surface area contributed by atoms with Crippen LogP contribution in [0.5, 0.6) is 0 Å². The summed E-state index contributed by atoms with van der Waals surface area (Å²) in [6, 6.07) is 5.68. The second-order valence-electron chi connectivity index (χ2n) is 2.88. The van der Waals surface area contributed by atoms with E-state index in [1.807, 2.05) is 18.2 Å². The van der Waals surface area contributed by atoms with Crippen LogP contribution in [0.15, 0.2) is 18.2 Å². The number of hydrogen-bond acceptors (Lipinski definition) is 2. The molecule has 68 valence electrons. The van der Waals surface area contributed by atoms with Crippen molar-refractivity contribution in [1.82, 2.24) is 0 Å². The van der Waals surface area contributed by atoms with Crippen LogP contribution in [0.25, 0.3) is 0 Å². The average molecular weight is 197 g/mol. The topological polar surface area (TPSA) is 41.1 Å². The van der Waals surface area contributed by atoms with Crippen molar-refractivity contribution in [2.75, 3.05) is 17.2 Å². The average Bonchev–Trinajstić information content (AvgIpc) is 2.16. The Labute approximate surface area is 81.1 Å². The van der Waals surface area contributed by atoms with Gasteiger partial charge in [0, 0.05) is 5.88 Å². The first-order valence-corrected chi connectivity index (χ1v) is 4.56. The lowest BCUT2D eigenvalue weighted by atomic mass is 10.1. The van der Waals surface area contributed by atoms with Gasteiger partial charge in [-0.25, -0.2) is 0 Å². The van der Waals surface area contributed by atoms with E-state index in [1.54, 1.807) is 0 Å². The predicted octanol–water partition coefficient (Wildman–Crippen LogP) is 1.79. The first-order chi connectivity index (χ1) is 6.31. The first kappa shape index (κ1) is 8.38. The minimum absolute atomic E-state index is 0.0146. The van der Waals surface area contributed by atoms with E-state index >= 15 is 0 Å². The molecule has 1 aliphatic heterocycles. The number of carbonyl (C=O) groups excluding carboxylic acids is 1. The van der Waals surface area contributed by atoms with Crippen molar-refractivity contribution in [2.24, 2.45) is 0 Å². The van der Waals surface area contributed by atoms with Gasteiger partial charge < -0.3 is 10.6 Å². The maximum atomic E-state index is 11.0. The second-order valence-corrected chi connectivity index (χ2v) is 3.14. The van der Waals surface area contributed by atoms with Gasteiger partial charge in [0.05, 0.1) is 17.9 Å². The summed E-state index contributed by atoms with van der Waals surface area (Å²) in [6.45, 7) is 0.320. The van der Waals surface area contributed by atoms with E-state index in [4.69, 9.17) is 11.6 Å². The number of carbonyl (C=O) groups is 1. The van der Waals surface area contributed by atoms with Crippen molar-refractivity contribution >= 4 is 28.9 Å². The molecule has 1 aromatic carbocycles. The van der Waals surface area contributed by atoms with Crippen LogP contribution in [-0.2, 0) is 10.7 Å². The summed E-state index contributed by atoms with van der Waals surface area (Å²) in [6.07, 6.45) is 0. The SMILES string of the molecule is O=C1CNc2c(CCl)cccc2N1. The molecule has 0 atom stereocenters. The quantitative estimate of drug-likeness (QED) is 0.673. The van der Waals surface area contributed by atoms with Crippen LogP contribution < -0.4 is 10.6 Å². The summed E-state index contributed by atoms with van der Waals surface area (Å²) in [5.41, 5.74) is 2.77. The van der Waals surface area contributed by atoms with E-state index in [9.17, 15) is 4.79 Å². The third-order valence-corrected chi connectivity index (χ3v) is 2.28. The number of rotatable bonds is 1. The summed E-state index contributed by atoms with van der Waals surface area (Å²) in [5.74, 6) is 0.436. The Morgan fingerprint density at radius 3 is 3.08 bits per heavy atom. The van der Waals surface area contributed by atoms with Gasteiger partial charge in [0.25, 0.3) is 0 Å². The number of para-hydroxylation sites is 1. The largest absolute Gasteiger partial charge is 0.374 e. The van der Waals surface area contributed by atoms with Gasteiger partial charge >= 0.3 is 0 Å². The lowest BCUT2D eigenvalue weighted by molar-refractivity contribution is -0.114. The molecule has 1 aliphatic rings. The van der Waals surface area contributed by atoms with E-state index in [-0.39, 0.29) is 5.91 Å². The van der Waals surface area contributed by atoms with E-state index in [0.29, 0.717) is 12.4 Å².